The molecule has 114 valence electrons. The predicted molar refractivity (Wildman–Crippen MR) is 84.1 cm³/mol. The van der Waals surface area contributed by atoms with Gasteiger partial charge < -0.3 is 4.74 Å². The lowest BCUT2D eigenvalue weighted by Crippen LogP contribution is -2.22. The van der Waals surface area contributed by atoms with E-state index >= 15 is 0 Å². The summed E-state index contributed by atoms with van der Waals surface area (Å²) in [5, 5.41) is 0. The smallest absolute Gasteiger partial charge is 0.233 e. The monoisotopic (exact) mass is 319 g/mol. The number of hydrogen-bond acceptors (Lipinski definition) is 3. The van der Waals surface area contributed by atoms with E-state index in [9.17, 15) is 8.42 Å². The van der Waals surface area contributed by atoms with Crippen molar-refractivity contribution in [1.29, 1.82) is 0 Å². The number of ether oxygens (including phenoxy) is 1. The van der Waals surface area contributed by atoms with Gasteiger partial charge in [-0.25, -0.2) is 8.42 Å². The van der Waals surface area contributed by atoms with Crippen LogP contribution >= 0.6 is 11.6 Å². The number of alkyl halides is 1. The number of anilines is 1. The number of halogens is 1. The van der Waals surface area contributed by atoms with Crippen molar-refractivity contribution < 1.29 is 13.2 Å². The van der Waals surface area contributed by atoms with Crippen LogP contribution in [0.5, 0.6) is 5.75 Å². The van der Waals surface area contributed by atoms with Gasteiger partial charge in [0.1, 0.15) is 5.75 Å². The van der Waals surface area contributed by atoms with Crippen LogP contribution in [-0.4, -0.2) is 26.7 Å². The molecule has 1 unspecified atom stereocenters. The average Bonchev–Trinajstić information content (AvgIpc) is 2.35. The largest absolute Gasteiger partial charge is 0.493 e. The van der Waals surface area contributed by atoms with Crippen molar-refractivity contribution in [2.24, 2.45) is 11.8 Å². The molecule has 6 heteroatoms. The second kappa shape index (κ2) is 7.74. The third-order valence-corrected chi connectivity index (χ3v) is 4.54. The molecule has 0 aliphatic heterocycles. The average molecular weight is 320 g/mol. The molecule has 0 bridgehead atoms. The number of nitrogens with one attached hydrogen (secondary N) is 1. The quantitative estimate of drug-likeness (QED) is 0.748. The fourth-order valence-corrected chi connectivity index (χ4v) is 3.23. The molecule has 1 aromatic rings. The van der Waals surface area contributed by atoms with E-state index < -0.39 is 10.0 Å². The molecule has 20 heavy (non-hydrogen) atoms. The predicted octanol–water partition coefficient (Wildman–Crippen LogP) is 3.34. The van der Waals surface area contributed by atoms with Gasteiger partial charge in [0.25, 0.3) is 0 Å². The van der Waals surface area contributed by atoms with Gasteiger partial charge in [0.2, 0.25) is 10.0 Å². The molecule has 1 aromatic carbocycles. The van der Waals surface area contributed by atoms with Crippen LogP contribution in [0.3, 0.4) is 0 Å². The summed E-state index contributed by atoms with van der Waals surface area (Å²) in [4.78, 5) is 0. The Kier molecular flexibility index (Phi) is 6.62. The molecular formula is C14H22ClNO3S. The summed E-state index contributed by atoms with van der Waals surface area (Å²) in [5.74, 6) is 1.31. The number of benzene rings is 1. The fourth-order valence-electron chi connectivity index (χ4n) is 1.55. The normalized spacial score (nSPS) is 13.2. The van der Waals surface area contributed by atoms with Crippen molar-refractivity contribution >= 4 is 27.3 Å². The van der Waals surface area contributed by atoms with Crippen LogP contribution in [0.4, 0.5) is 5.69 Å². The van der Waals surface area contributed by atoms with Crippen LogP contribution in [0.2, 0.25) is 0 Å². The zero-order chi connectivity index (χ0) is 15.2. The van der Waals surface area contributed by atoms with Gasteiger partial charge in [0, 0.05) is 11.9 Å². The molecule has 0 spiro atoms. The van der Waals surface area contributed by atoms with Crippen LogP contribution in [0.1, 0.15) is 20.8 Å². The molecule has 0 amide bonds. The highest BCUT2D eigenvalue weighted by Gasteiger charge is 2.15. The summed E-state index contributed by atoms with van der Waals surface area (Å²) < 4.78 is 32.0. The Balaban J connectivity index is 2.70. The molecule has 1 atom stereocenters. The second-order valence-electron chi connectivity index (χ2n) is 5.38. The van der Waals surface area contributed by atoms with Gasteiger partial charge >= 0.3 is 0 Å². The summed E-state index contributed by atoms with van der Waals surface area (Å²) in [6.07, 6.45) is 0. The van der Waals surface area contributed by atoms with Crippen molar-refractivity contribution in [3.05, 3.63) is 24.3 Å². The van der Waals surface area contributed by atoms with Gasteiger partial charge in [-0.15, -0.1) is 11.6 Å². The SMILES string of the molecule is CC(C)COc1cccc(NS(=O)(=O)CC(C)CCl)c1. The van der Waals surface area contributed by atoms with Crippen LogP contribution in [-0.2, 0) is 10.0 Å². The molecule has 0 aromatic heterocycles. The Labute approximate surface area is 126 Å². The van der Waals surface area contributed by atoms with E-state index in [1.54, 1.807) is 25.1 Å². The van der Waals surface area contributed by atoms with Gasteiger partial charge in [-0.1, -0.05) is 26.8 Å². The van der Waals surface area contributed by atoms with Gasteiger partial charge in [-0.3, -0.25) is 4.72 Å². The summed E-state index contributed by atoms with van der Waals surface area (Å²) >= 11 is 5.64. The minimum atomic E-state index is -3.38. The lowest BCUT2D eigenvalue weighted by atomic mass is 10.2. The summed E-state index contributed by atoms with van der Waals surface area (Å²) in [7, 11) is -3.38. The van der Waals surface area contributed by atoms with Crippen LogP contribution in [0, 0.1) is 11.8 Å². The minimum absolute atomic E-state index is 0.00752. The Morgan fingerprint density at radius 1 is 1.30 bits per heavy atom. The molecule has 0 saturated carbocycles. The van der Waals surface area contributed by atoms with E-state index in [-0.39, 0.29) is 11.7 Å². The topological polar surface area (TPSA) is 55.4 Å². The van der Waals surface area contributed by atoms with E-state index in [0.29, 0.717) is 29.8 Å². The zero-order valence-corrected chi connectivity index (χ0v) is 13.7. The van der Waals surface area contributed by atoms with Crippen molar-refractivity contribution in [3.63, 3.8) is 0 Å². The molecule has 0 aliphatic rings. The van der Waals surface area contributed by atoms with Gasteiger partial charge in [0.15, 0.2) is 0 Å². The van der Waals surface area contributed by atoms with Crippen molar-refractivity contribution in [2.45, 2.75) is 20.8 Å². The van der Waals surface area contributed by atoms with Crippen LogP contribution in [0.25, 0.3) is 0 Å². The first kappa shape index (κ1) is 17.1. The van der Waals surface area contributed by atoms with Crippen molar-refractivity contribution in [2.75, 3.05) is 23.0 Å². The third kappa shape index (κ3) is 6.48. The van der Waals surface area contributed by atoms with E-state index in [4.69, 9.17) is 16.3 Å². The summed E-state index contributed by atoms with van der Waals surface area (Å²) in [6.45, 7) is 6.51. The van der Waals surface area contributed by atoms with Gasteiger partial charge in [-0.2, -0.15) is 0 Å². The Hall–Kier alpha value is -0.940. The maximum absolute atomic E-state index is 11.9. The van der Waals surface area contributed by atoms with Crippen molar-refractivity contribution in [3.8, 4) is 5.75 Å². The fraction of sp³-hybridized carbons (Fsp3) is 0.571. The third-order valence-electron chi connectivity index (χ3n) is 2.46. The maximum atomic E-state index is 11.9. The first-order chi connectivity index (χ1) is 9.32. The highest BCUT2D eigenvalue weighted by atomic mass is 35.5. The highest BCUT2D eigenvalue weighted by molar-refractivity contribution is 7.92. The standard InChI is InChI=1S/C14H22ClNO3S/c1-11(2)9-19-14-6-4-5-13(7-14)16-20(17,18)10-12(3)8-15/h4-7,11-12,16H,8-10H2,1-3H3. The Bertz CT molecular complexity index is 517. The first-order valence-electron chi connectivity index (χ1n) is 6.61. The maximum Gasteiger partial charge on any atom is 0.233 e. The number of hydrogen-bond donors (Lipinski definition) is 1. The molecule has 1 rings (SSSR count). The Morgan fingerprint density at radius 2 is 2.00 bits per heavy atom. The minimum Gasteiger partial charge on any atom is -0.493 e. The van der Waals surface area contributed by atoms with E-state index in [1.165, 1.54) is 0 Å². The van der Waals surface area contributed by atoms with Crippen LogP contribution < -0.4 is 9.46 Å². The molecule has 4 nitrogen and oxygen atoms in total. The molecule has 1 N–H and O–H groups in total. The van der Waals surface area contributed by atoms with Crippen molar-refractivity contribution in [1.82, 2.24) is 0 Å². The van der Waals surface area contributed by atoms with E-state index in [1.807, 2.05) is 6.07 Å². The van der Waals surface area contributed by atoms with Crippen LogP contribution in [0.15, 0.2) is 24.3 Å². The second-order valence-corrected chi connectivity index (χ2v) is 7.45. The number of rotatable bonds is 8. The summed E-state index contributed by atoms with van der Waals surface area (Å²) in [5.41, 5.74) is 0.507. The highest BCUT2D eigenvalue weighted by Crippen LogP contribution is 2.19. The van der Waals surface area contributed by atoms with E-state index in [2.05, 4.69) is 18.6 Å². The number of sulfonamides is 1. The van der Waals surface area contributed by atoms with E-state index in [0.717, 1.165) is 0 Å². The molecular weight excluding hydrogens is 298 g/mol. The Morgan fingerprint density at radius 3 is 2.60 bits per heavy atom. The molecule has 0 radical (unpaired) electrons. The van der Waals surface area contributed by atoms with Gasteiger partial charge in [-0.05, 0) is 24.0 Å². The molecule has 0 saturated heterocycles. The van der Waals surface area contributed by atoms with Gasteiger partial charge in [0.05, 0.1) is 18.0 Å². The molecule has 0 fully saturated rings. The zero-order valence-electron chi connectivity index (χ0n) is 12.1. The first-order valence-corrected chi connectivity index (χ1v) is 8.80. The lowest BCUT2D eigenvalue weighted by molar-refractivity contribution is 0.271. The lowest BCUT2D eigenvalue weighted by Gasteiger charge is -2.13. The molecule has 0 aliphatic carbocycles. The molecule has 0 heterocycles. The summed E-state index contributed by atoms with van der Waals surface area (Å²) in [6, 6.07) is 6.95.